The Labute approximate surface area is 142 Å². The number of hydrogen-bond acceptors (Lipinski definition) is 1. The third kappa shape index (κ3) is 3.88. The normalized spacial score (nSPS) is 21.1. The first-order chi connectivity index (χ1) is 11.3. The summed E-state index contributed by atoms with van der Waals surface area (Å²) in [6.07, 6.45) is 18.2. The maximum Gasteiger partial charge on any atom is 0.102 e. The summed E-state index contributed by atoms with van der Waals surface area (Å²) in [7, 11) is 0. The van der Waals surface area contributed by atoms with Crippen LogP contribution in [0.2, 0.25) is 0 Å². The number of fused-ring (bicyclic) bond motifs is 5. The van der Waals surface area contributed by atoms with Crippen LogP contribution < -0.4 is 0 Å². The third-order valence-electron chi connectivity index (χ3n) is 5.37. The van der Waals surface area contributed by atoms with Gasteiger partial charge >= 0.3 is 0 Å². The van der Waals surface area contributed by atoms with Crippen LogP contribution in [0.5, 0.6) is 0 Å². The first-order valence-corrected chi connectivity index (χ1v) is 9.82. The number of unbranched alkanes of at least 4 members (excludes halogenated alkanes) is 6. The molecule has 0 fully saturated rings. The lowest BCUT2D eigenvalue weighted by Crippen LogP contribution is -2.02. The molecule has 23 heavy (non-hydrogen) atoms. The van der Waals surface area contributed by atoms with Gasteiger partial charge in [0.2, 0.25) is 0 Å². The Hall–Kier alpha value is -1.08. The summed E-state index contributed by atoms with van der Waals surface area (Å²) in [5.41, 5.74) is 6.09. The summed E-state index contributed by atoms with van der Waals surface area (Å²) in [5, 5.41) is 0. The number of hydrogen-bond donors (Lipinski definition) is 0. The van der Waals surface area contributed by atoms with Gasteiger partial charge in [-0.25, -0.2) is 0 Å². The molecule has 2 aliphatic rings. The van der Waals surface area contributed by atoms with Crippen molar-refractivity contribution in [2.75, 3.05) is 0 Å². The highest BCUT2D eigenvalue weighted by molar-refractivity contribution is 5.48. The van der Waals surface area contributed by atoms with Crippen LogP contribution in [0.25, 0.3) is 0 Å². The van der Waals surface area contributed by atoms with E-state index >= 15 is 0 Å². The fourth-order valence-electron chi connectivity index (χ4n) is 3.97. The van der Waals surface area contributed by atoms with E-state index in [-0.39, 0.29) is 12.2 Å². The fraction of sp³-hybridized carbons (Fsp3) is 0.636. The lowest BCUT2D eigenvalue weighted by Gasteiger charge is -2.16. The van der Waals surface area contributed by atoms with E-state index in [2.05, 4.69) is 38.1 Å². The van der Waals surface area contributed by atoms with E-state index < -0.39 is 0 Å². The van der Waals surface area contributed by atoms with Crippen LogP contribution in [-0.2, 0) is 17.6 Å². The number of rotatable bonds is 10. The summed E-state index contributed by atoms with van der Waals surface area (Å²) < 4.78 is 6.03. The van der Waals surface area contributed by atoms with E-state index in [9.17, 15) is 0 Å². The van der Waals surface area contributed by atoms with Crippen LogP contribution >= 0.6 is 0 Å². The van der Waals surface area contributed by atoms with Gasteiger partial charge < -0.3 is 4.74 Å². The molecular formula is C22H32O. The molecule has 3 rings (SSSR count). The first kappa shape index (κ1) is 16.8. The SMILES string of the molecule is CCCCCCc1cc2c(cc1CCCCCC)[C@H]1C=C[C@@H]2O1. The van der Waals surface area contributed by atoms with Gasteiger partial charge in [0.25, 0.3) is 0 Å². The van der Waals surface area contributed by atoms with Gasteiger partial charge in [-0.05, 0) is 47.9 Å². The maximum atomic E-state index is 6.03. The Kier molecular flexibility index (Phi) is 5.94. The zero-order valence-electron chi connectivity index (χ0n) is 14.9. The molecule has 0 aromatic heterocycles. The van der Waals surface area contributed by atoms with Crippen molar-refractivity contribution in [1.82, 2.24) is 0 Å². The summed E-state index contributed by atoms with van der Waals surface area (Å²) >= 11 is 0. The van der Waals surface area contributed by atoms with Crippen molar-refractivity contribution in [1.29, 1.82) is 0 Å². The van der Waals surface area contributed by atoms with E-state index in [1.165, 1.54) is 75.3 Å². The van der Waals surface area contributed by atoms with E-state index in [1.807, 2.05) is 0 Å². The van der Waals surface area contributed by atoms with E-state index in [0.717, 1.165) is 0 Å². The molecule has 1 nitrogen and oxygen atoms in total. The van der Waals surface area contributed by atoms with Gasteiger partial charge in [-0.1, -0.05) is 76.7 Å². The molecule has 2 bridgehead atoms. The zero-order valence-corrected chi connectivity index (χ0v) is 14.9. The summed E-state index contributed by atoms with van der Waals surface area (Å²) in [4.78, 5) is 0. The standard InChI is InChI=1S/C22H32O/c1-3-5-7-9-11-17-15-19-20(22-14-13-21(19)23-22)16-18(17)12-10-8-6-4-2/h13-16,21-22H,3-12H2,1-2H3/t21-,22+. The Morgan fingerprint density at radius 1 is 0.696 bits per heavy atom. The second-order valence-corrected chi connectivity index (χ2v) is 7.23. The van der Waals surface area contributed by atoms with Crippen LogP contribution in [0.1, 0.15) is 99.7 Å². The smallest absolute Gasteiger partial charge is 0.102 e. The lowest BCUT2D eigenvalue weighted by atomic mass is 9.88. The highest BCUT2D eigenvalue weighted by Gasteiger charge is 2.34. The second kappa shape index (κ2) is 8.15. The van der Waals surface area contributed by atoms with Gasteiger partial charge in [-0.15, -0.1) is 0 Å². The van der Waals surface area contributed by atoms with Crippen molar-refractivity contribution in [3.05, 3.63) is 46.5 Å². The van der Waals surface area contributed by atoms with Gasteiger partial charge in [0.05, 0.1) is 0 Å². The predicted octanol–water partition coefficient (Wildman–Crippen LogP) is 6.61. The molecule has 2 atom stereocenters. The molecule has 0 amide bonds. The number of benzene rings is 1. The topological polar surface area (TPSA) is 9.23 Å². The van der Waals surface area contributed by atoms with Crippen molar-refractivity contribution >= 4 is 0 Å². The van der Waals surface area contributed by atoms with Gasteiger partial charge in [0.15, 0.2) is 0 Å². The first-order valence-electron chi connectivity index (χ1n) is 9.82. The van der Waals surface area contributed by atoms with Crippen LogP contribution in [0.4, 0.5) is 0 Å². The van der Waals surface area contributed by atoms with Gasteiger partial charge in [-0.2, -0.15) is 0 Å². The summed E-state index contributed by atoms with van der Waals surface area (Å²) in [6.45, 7) is 4.57. The Balaban J connectivity index is 1.71. The van der Waals surface area contributed by atoms with Crippen molar-refractivity contribution in [2.24, 2.45) is 0 Å². The fourth-order valence-corrected chi connectivity index (χ4v) is 3.97. The van der Waals surface area contributed by atoms with Crippen molar-refractivity contribution < 1.29 is 4.74 Å². The minimum absolute atomic E-state index is 0.235. The molecule has 126 valence electrons. The zero-order chi connectivity index (χ0) is 16.1. The average Bonchev–Trinajstić information content (AvgIpc) is 3.17. The Morgan fingerprint density at radius 3 is 1.61 bits per heavy atom. The molecule has 2 heterocycles. The molecule has 0 radical (unpaired) electrons. The van der Waals surface area contributed by atoms with Crippen LogP contribution in [0.15, 0.2) is 24.3 Å². The average molecular weight is 312 g/mol. The molecule has 0 unspecified atom stereocenters. The molecular weight excluding hydrogens is 280 g/mol. The van der Waals surface area contributed by atoms with Gasteiger partial charge in [0.1, 0.15) is 12.2 Å². The molecule has 1 aromatic rings. The maximum absolute atomic E-state index is 6.03. The highest BCUT2D eigenvalue weighted by Crippen LogP contribution is 2.46. The van der Waals surface area contributed by atoms with Crippen LogP contribution in [0.3, 0.4) is 0 Å². The minimum Gasteiger partial charge on any atom is -0.357 e. The van der Waals surface area contributed by atoms with E-state index in [1.54, 1.807) is 11.1 Å². The number of aryl methyl sites for hydroxylation is 2. The van der Waals surface area contributed by atoms with E-state index in [4.69, 9.17) is 4.74 Å². The second-order valence-electron chi connectivity index (χ2n) is 7.23. The molecule has 1 heteroatoms. The lowest BCUT2D eigenvalue weighted by molar-refractivity contribution is 0.0878. The van der Waals surface area contributed by atoms with Crippen molar-refractivity contribution in [3.8, 4) is 0 Å². The van der Waals surface area contributed by atoms with Crippen LogP contribution in [-0.4, -0.2) is 0 Å². The molecule has 2 aliphatic heterocycles. The Morgan fingerprint density at radius 2 is 1.17 bits per heavy atom. The molecule has 1 aromatic carbocycles. The third-order valence-corrected chi connectivity index (χ3v) is 5.37. The van der Waals surface area contributed by atoms with Gasteiger partial charge in [0, 0.05) is 0 Å². The van der Waals surface area contributed by atoms with E-state index in [0.29, 0.717) is 0 Å². The largest absolute Gasteiger partial charge is 0.357 e. The quantitative estimate of drug-likeness (QED) is 0.348. The minimum atomic E-state index is 0.235. The van der Waals surface area contributed by atoms with Crippen molar-refractivity contribution in [3.63, 3.8) is 0 Å². The summed E-state index contributed by atoms with van der Waals surface area (Å²) in [5.74, 6) is 0. The Bertz CT molecular complexity index is 496. The monoisotopic (exact) mass is 312 g/mol. The molecule has 0 saturated carbocycles. The van der Waals surface area contributed by atoms with Crippen LogP contribution in [0, 0.1) is 0 Å². The van der Waals surface area contributed by atoms with Crippen molar-refractivity contribution in [2.45, 2.75) is 90.3 Å². The van der Waals surface area contributed by atoms with Gasteiger partial charge in [-0.3, -0.25) is 0 Å². The predicted molar refractivity (Wildman–Crippen MR) is 97.8 cm³/mol. The molecule has 0 spiro atoms. The summed E-state index contributed by atoms with van der Waals surface area (Å²) in [6, 6.07) is 4.95. The molecule has 0 N–H and O–H groups in total. The molecule has 0 aliphatic carbocycles. The molecule has 0 saturated heterocycles. The number of ether oxygens (including phenoxy) is 1. The highest BCUT2D eigenvalue weighted by atomic mass is 16.5.